The molecule has 0 saturated heterocycles. The zero-order valence-corrected chi connectivity index (χ0v) is 6.97. The minimum absolute atomic E-state index is 0.139. The van der Waals surface area contributed by atoms with E-state index in [1.807, 2.05) is 0 Å². The molecule has 2 atom stereocenters. The maximum atomic E-state index is 8.79. The van der Waals surface area contributed by atoms with Crippen LogP contribution in [0, 0.1) is 0 Å². The number of methoxy groups -OCH3 is 1. The Hall–Kier alpha value is -0.460. The second kappa shape index (κ2) is 7.20. The Kier molecular flexibility index (Phi) is 6.93. The van der Waals surface area contributed by atoms with Crippen LogP contribution in [-0.4, -0.2) is 43.3 Å². The molecule has 0 aliphatic heterocycles. The Morgan fingerprint density at radius 3 is 2.42 bits per heavy atom. The van der Waals surface area contributed by atoms with E-state index in [0.29, 0.717) is 0 Å². The molecule has 72 valence electrons. The molecule has 0 bridgehead atoms. The minimum atomic E-state index is -1.24. The maximum Gasteiger partial charge on any atom is 0.268 e. The van der Waals surface area contributed by atoms with Gasteiger partial charge in [0.05, 0.1) is 13.2 Å². The lowest BCUT2D eigenvalue weighted by Gasteiger charge is -2.10. The Morgan fingerprint density at radius 2 is 1.92 bits per heavy atom. The second-order valence-electron chi connectivity index (χ2n) is 1.91. The van der Waals surface area contributed by atoms with Crippen molar-refractivity contribution in [3.05, 3.63) is 12.7 Å². The van der Waals surface area contributed by atoms with Gasteiger partial charge in [-0.2, -0.15) is 0 Å². The highest BCUT2D eigenvalue weighted by Gasteiger charge is 2.01. The van der Waals surface area contributed by atoms with Gasteiger partial charge in [0.1, 0.15) is 0 Å². The number of ether oxygens (including phenoxy) is 3. The fraction of sp³-hybridized carbons (Fsp3) is 0.714. The fourth-order valence-electron chi connectivity index (χ4n) is 0.454. The van der Waals surface area contributed by atoms with E-state index in [1.54, 1.807) is 0 Å². The molecule has 2 N–H and O–H groups in total. The van der Waals surface area contributed by atoms with Crippen LogP contribution in [0.5, 0.6) is 0 Å². The third kappa shape index (κ3) is 6.26. The Morgan fingerprint density at radius 1 is 1.33 bits per heavy atom. The van der Waals surface area contributed by atoms with Crippen LogP contribution in [0.15, 0.2) is 12.7 Å². The van der Waals surface area contributed by atoms with Crippen molar-refractivity contribution in [2.24, 2.45) is 0 Å². The summed E-state index contributed by atoms with van der Waals surface area (Å²) in [7, 11) is 1.31. The van der Waals surface area contributed by atoms with Gasteiger partial charge in [-0.3, -0.25) is 0 Å². The molecule has 2 unspecified atom stereocenters. The van der Waals surface area contributed by atoms with Crippen LogP contribution < -0.4 is 0 Å². The number of hydrogen-bond donors (Lipinski definition) is 2. The summed E-state index contributed by atoms with van der Waals surface area (Å²) in [6.45, 7) is 2.36. The molecule has 0 amide bonds. The molecule has 5 nitrogen and oxygen atoms in total. The van der Waals surface area contributed by atoms with Crippen molar-refractivity contribution in [3.8, 4) is 0 Å². The lowest BCUT2D eigenvalue weighted by molar-refractivity contribution is -0.256. The quantitative estimate of drug-likeness (QED) is 0.311. The monoisotopic (exact) mass is 178 g/mol. The van der Waals surface area contributed by atoms with Gasteiger partial charge in [-0.25, -0.2) is 0 Å². The standard InChI is InChI=1S/C7H14O5/c1-3-6(8)11-4-5-12-7(9)10-2/h3,6-9H,1,4-5H2,2H3. The number of aliphatic hydroxyl groups excluding tert-OH is 2. The SMILES string of the molecule is C=CC(O)OCCOC(O)OC. The molecule has 0 heterocycles. The number of rotatable bonds is 7. The average Bonchev–Trinajstić information content (AvgIpc) is 2.11. The first-order valence-corrected chi connectivity index (χ1v) is 3.45. The number of aliphatic hydroxyl groups is 2. The molecule has 0 spiro atoms. The van der Waals surface area contributed by atoms with Gasteiger partial charge in [0, 0.05) is 7.11 Å². The molecular formula is C7H14O5. The second-order valence-corrected chi connectivity index (χ2v) is 1.91. The molecule has 0 radical (unpaired) electrons. The van der Waals surface area contributed by atoms with Crippen molar-refractivity contribution in [1.29, 1.82) is 0 Å². The van der Waals surface area contributed by atoms with Crippen LogP contribution in [0.3, 0.4) is 0 Å². The molecule has 0 fully saturated rings. The minimum Gasteiger partial charge on any atom is -0.365 e. The highest BCUT2D eigenvalue weighted by Crippen LogP contribution is 1.90. The van der Waals surface area contributed by atoms with E-state index in [4.69, 9.17) is 14.9 Å². The van der Waals surface area contributed by atoms with Crippen LogP contribution in [0.2, 0.25) is 0 Å². The summed E-state index contributed by atoms with van der Waals surface area (Å²) in [4.78, 5) is 0. The largest absolute Gasteiger partial charge is 0.365 e. The van der Waals surface area contributed by atoms with Crippen molar-refractivity contribution < 1.29 is 24.4 Å². The van der Waals surface area contributed by atoms with Crippen LogP contribution >= 0.6 is 0 Å². The van der Waals surface area contributed by atoms with Crippen LogP contribution in [-0.2, 0) is 14.2 Å². The van der Waals surface area contributed by atoms with Gasteiger partial charge in [0.15, 0.2) is 6.29 Å². The van der Waals surface area contributed by atoms with Crippen LogP contribution in [0.1, 0.15) is 0 Å². The summed E-state index contributed by atoms with van der Waals surface area (Å²) in [6.07, 6.45) is 0.250. The van der Waals surface area contributed by atoms with Gasteiger partial charge in [0.25, 0.3) is 6.48 Å². The normalized spacial score (nSPS) is 15.6. The van der Waals surface area contributed by atoms with Crippen molar-refractivity contribution in [3.63, 3.8) is 0 Å². The Labute approximate surface area is 71.2 Å². The first-order chi connectivity index (χ1) is 5.70. The summed E-state index contributed by atoms with van der Waals surface area (Å²) < 4.78 is 13.8. The van der Waals surface area contributed by atoms with Crippen LogP contribution in [0.25, 0.3) is 0 Å². The maximum absolute atomic E-state index is 8.79. The zero-order chi connectivity index (χ0) is 9.40. The van der Waals surface area contributed by atoms with Crippen molar-refractivity contribution >= 4 is 0 Å². The van der Waals surface area contributed by atoms with E-state index >= 15 is 0 Å². The van der Waals surface area contributed by atoms with Crippen molar-refractivity contribution in [1.82, 2.24) is 0 Å². The highest BCUT2D eigenvalue weighted by atomic mass is 16.8. The lowest BCUT2D eigenvalue weighted by atomic mass is 10.6. The summed E-state index contributed by atoms with van der Waals surface area (Å²) in [5.41, 5.74) is 0. The Bertz CT molecular complexity index is 116. The van der Waals surface area contributed by atoms with Gasteiger partial charge >= 0.3 is 0 Å². The first-order valence-electron chi connectivity index (χ1n) is 3.45. The molecular weight excluding hydrogens is 164 g/mol. The topological polar surface area (TPSA) is 68.2 Å². The first kappa shape index (κ1) is 11.5. The molecule has 0 saturated carbocycles. The molecule has 0 aromatic heterocycles. The third-order valence-corrected chi connectivity index (χ3v) is 1.04. The smallest absolute Gasteiger partial charge is 0.268 e. The summed E-state index contributed by atoms with van der Waals surface area (Å²) >= 11 is 0. The molecule has 0 aliphatic rings. The van der Waals surface area contributed by atoms with Crippen molar-refractivity contribution in [2.75, 3.05) is 20.3 Å². The van der Waals surface area contributed by atoms with Crippen molar-refractivity contribution in [2.45, 2.75) is 12.8 Å². The summed E-state index contributed by atoms with van der Waals surface area (Å²) in [5, 5.41) is 17.5. The fourth-order valence-corrected chi connectivity index (χ4v) is 0.454. The summed E-state index contributed by atoms with van der Waals surface area (Å²) in [6, 6.07) is 0. The Balaban J connectivity index is 3.15. The molecule has 0 aromatic carbocycles. The highest BCUT2D eigenvalue weighted by molar-refractivity contribution is 4.69. The van der Waals surface area contributed by atoms with E-state index in [-0.39, 0.29) is 13.2 Å². The molecule has 5 heteroatoms. The molecule has 0 rings (SSSR count). The van der Waals surface area contributed by atoms with Gasteiger partial charge in [-0.15, -0.1) is 0 Å². The zero-order valence-electron chi connectivity index (χ0n) is 6.97. The number of hydrogen-bond acceptors (Lipinski definition) is 5. The van der Waals surface area contributed by atoms with E-state index in [1.165, 1.54) is 13.2 Å². The average molecular weight is 178 g/mol. The summed E-state index contributed by atoms with van der Waals surface area (Å²) in [5.74, 6) is 0. The van der Waals surface area contributed by atoms with E-state index in [0.717, 1.165) is 0 Å². The predicted molar refractivity (Wildman–Crippen MR) is 41.1 cm³/mol. The van der Waals surface area contributed by atoms with Gasteiger partial charge in [-0.1, -0.05) is 6.58 Å². The van der Waals surface area contributed by atoms with Gasteiger partial charge in [0.2, 0.25) is 0 Å². The third-order valence-electron chi connectivity index (χ3n) is 1.04. The van der Waals surface area contributed by atoms with E-state index in [2.05, 4.69) is 16.1 Å². The van der Waals surface area contributed by atoms with Gasteiger partial charge < -0.3 is 24.4 Å². The lowest BCUT2D eigenvalue weighted by Crippen LogP contribution is -2.19. The molecule has 0 aliphatic carbocycles. The molecule has 12 heavy (non-hydrogen) atoms. The molecule has 0 aromatic rings. The predicted octanol–water partition coefficient (Wildman–Crippen LogP) is -0.554. The van der Waals surface area contributed by atoms with Crippen LogP contribution in [0.4, 0.5) is 0 Å². The van der Waals surface area contributed by atoms with E-state index in [9.17, 15) is 0 Å². The van der Waals surface area contributed by atoms with E-state index < -0.39 is 12.8 Å². The van der Waals surface area contributed by atoms with Gasteiger partial charge in [-0.05, 0) is 6.08 Å².